The number of benzene rings is 2. The number of hydrogen-bond donors (Lipinski definition) is 3. The van der Waals surface area contributed by atoms with Gasteiger partial charge in [0.25, 0.3) is 0 Å². The van der Waals surface area contributed by atoms with Crippen molar-refractivity contribution >= 4 is 22.6 Å². The minimum Gasteiger partial charge on any atom is -0.397 e. The molecule has 3 heteroatoms. The number of nitrogen functional groups attached to an aromatic ring is 3. The van der Waals surface area contributed by atoms with Gasteiger partial charge in [0.2, 0.25) is 0 Å². The molecule has 0 heterocycles. The van der Waals surface area contributed by atoms with Crippen molar-refractivity contribution in [2.24, 2.45) is 0 Å². The predicted molar refractivity (Wildman–Crippen MR) is 88.3 cm³/mol. The highest BCUT2D eigenvalue weighted by atomic mass is 14.7. The van der Waals surface area contributed by atoms with E-state index >= 15 is 0 Å². The van der Waals surface area contributed by atoms with Crippen LogP contribution in [0.1, 0.15) is 30.5 Å². The molecule has 2 rings (SSSR count). The normalized spacial score (nSPS) is 11.6. The van der Waals surface area contributed by atoms with Crippen LogP contribution in [0.15, 0.2) is 42.5 Å². The third kappa shape index (κ3) is 2.77. The third-order valence-corrected chi connectivity index (χ3v) is 3.57. The van der Waals surface area contributed by atoms with Crippen molar-refractivity contribution in [3.63, 3.8) is 0 Å². The zero-order valence-electron chi connectivity index (χ0n) is 12.0. The van der Waals surface area contributed by atoms with Crippen LogP contribution in [0, 0.1) is 0 Å². The van der Waals surface area contributed by atoms with Crippen LogP contribution < -0.4 is 17.2 Å². The first-order valence-corrected chi connectivity index (χ1v) is 6.67. The first-order chi connectivity index (χ1) is 9.52. The largest absolute Gasteiger partial charge is 0.397 e. The van der Waals surface area contributed by atoms with E-state index in [1.165, 1.54) is 16.7 Å². The Balaban J connectivity index is 2.41. The first kappa shape index (κ1) is 14.0. The van der Waals surface area contributed by atoms with Gasteiger partial charge in [-0.2, -0.15) is 0 Å². The van der Waals surface area contributed by atoms with E-state index in [1.807, 2.05) is 25.1 Å². The summed E-state index contributed by atoms with van der Waals surface area (Å²) in [6, 6.07) is 12.2. The van der Waals surface area contributed by atoms with E-state index in [-0.39, 0.29) is 0 Å². The van der Waals surface area contributed by atoms with Gasteiger partial charge in [-0.25, -0.2) is 0 Å². The van der Waals surface area contributed by atoms with Gasteiger partial charge in [0.1, 0.15) is 0 Å². The maximum atomic E-state index is 5.88. The highest BCUT2D eigenvalue weighted by Crippen LogP contribution is 2.27. The molecule has 104 valence electrons. The second kappa shape index (κ2) is 5.70. The van der Waals surface area contributed by atoms with Crippen molar-refractivity contribution in [2.75, 3.05) is 17.2 Å². The molecule has 0 spiro atoms. The fourth-order valence-corrected chi connectivity index (χ4v) is 2.30. The summed E-state index contributed by atoms with van der Waals surface area (Å²) < 4.78 is 0. The van der Waals surface area contributed by atoms with E-state index in [0.717, 1.165) is 12.0 Å². The summed E-state index contributed by atoms with van der Waals surface area (Å²) in [5.41, 5.74) is 23.9. The van der Waals surface area contributed by atoms with Crippen LogP contribution in [0.5, 0.6) is 0 Å². The average molecular weight is 267 g/mol. The fourth-order valence-electron chi connectivity index (χ4n) is 2.30. The van der Waals surface area contributed by atoms with E-state index in [1.54, 1.807) is 0 Å². The Hall–Kier alpha value is -2.42. The molecule has 2 aromatic rings. The lowest BCUT2D eigenvalue weighted by Gasteiger charge is -2.12. The second-order valence-corrected chi connectivity index (χ2v) is 4.99. The third-order valence-electron chi connectivity index (χ3n) is 3.57. The van der Waals surface area contributed by atoms with Crippen molar-refractivity contribution in [2.45, 2.75) is 20.3 Å². The average Bonchev–Trinajstić information content (AvgIpc) is 2.44. The summed E-state index contributed by atoms with van der Waals surface area (Å²) in [7, 11) is 0. The molecule has 0 saturated carbocycles. The van der Waals surface area contributed by atoms with E-state index < -0.39 is 0 Å². The number of anilines is 3. The Morgan fingerprint density at radius 3 is 2.25 bits per heavy atom. The highest BCUT2D eigenvalue weighted by molar-refractivity contribution is 5.78. The molecule has 0 saturated heterocycles. The first-order valence-electron chi connectivity index (χ1n) is 6.67. The second-order valence-electron chi connectivity index (χ2n) is 4.99. The monoisotopic (exact) mass is 267 g/mol. The molecular formula is C17H21N3. The van der Waals surface area contributed by atoms with Crippen LogP contribution in [0.2, 0.25) is 0 Å². The molecular weight excluding hydrogens is 246 g/mol. The molecule has 2 aromatic carbocycles. The number of hydrogen-bond acceptors (Lipinski definition) is 3. The predicted octanol–water partition coefficient (Wildman–Crippen LogP) is 3.45. The van der Waals surface area contributed by atoms with Gasteiger partial charge in [-0.15, -0.1) is 0 Å². The number of rotatable bonds is 3. The molecule has 20 heavy (non-hydrogen) atoms. The van der Waals surface area contributed by atoms with E-state index in [0.29, 0.717) is 17.1 Å². The van der Waals surface area contributed by atoms with Crippen molar-refractivity contribution < 1.29 is 0 Å². The Labute approximate surface area is 120 Å². The molecule has 0 aliphatic rings. The van der Waals surface area contributed by atoms with Gasteiger partial charge >= 0.3 is 0 Å². The molecule has 0 aliphatic carbocycles. The quantitative estimate of drug-likeness (QED) is 0.745. The molecule has 0 aliphatic heterocycles. The standard InChI is InChI=1S/C17H21N3/c1-3-11(2)14-7-5-4-6-13(14)8-12-9-15(18)17(20)16(19)10-12/h3-7,9-10H,8,18-20H2,1-2H3/b11-3+. The molecule has 0 fully saturated rings. The maximum absolute atomic E-state index is 5.88. The Kier molecular flexibility index (Phi) is 3.99. The molecule has 0 amide bonds. The summed E-state index contributed by atoms with van der Waals surface area (Å²) in [4.78, 5) is 0. The van der Waals surface area contributed by atoms with E-state index in [9.17, 15) is 0 Å². The van der Waals surface area contributed by atoms with Gasteiger partial charge < -0.3 is 17.2 Å². The molecule has 0 atom stereocenters. The summed E-state index contributed by atoms with van der Waals surface area (Å²) in [6.45, 7) is 4.16. The number of allylic oxidation sites excluding steroid dienone is 2. The van der Waals surface area contributed by atoms with Crippen LogP contribution >= 0.6 is 0 Å². The lowest BCUT2D eigenvalue weighted by atomic mass is 9.95. The van der Waals surface area contributed by atoms with Gasteiger partial charge in [0, 0.05) is 0 Å². The molecule has 3 nitrogen and oxygen atoms in total. The van der Waals surface area contributed by atoms with Gasteiger partial charge in [-0.05, 0) is 54.7 Å². The van der Waals surface area contributed by atoms with Crippen LogP contribution in [0.25, 0.3) is 5.57 Å². The molecule has 6 N–H and O–H groups in total. The van der Waals surface area contributed by atoms with Crippen LogP contribution in [0.3, 0.4) is 0 Å². The summed E-state index contributed by atoms with van der Waals surface area (Å²) >= 11 is 0. The summed E-state index contributed by atoms with van der Waals surface area (Å²) in [6.07, 6.45) is 2.90. The zero-order chi connectivity index (χ0) is 14.7. The van der Waals surface area contributed by atoms with Crippen molar-refractivity contribution in [1.82, 2.24) is 0 Å². The summed E-state index contributed by atoms with van der Waals surface area (Å²) in [5, 5.41) is 0. The molecule has 0 aromatic heterocycles. The van der Waals surface area contributed by atoms with Crippen LogP contribution in [-0.2, 0) is 6.42 Å². The SMILES string of the molecule is C/C=C(\C)c1ccccc1Cc1cc(N)c(N)c(N)c1. The highest BCUT2D eigenvalue weighted by Gasteiger charge is 2.07. The van der Waals surface area contributed by atoms with Crippen molar-refractivity contribution in [1.29, 1.82) is 0 Å². The topological polar surface area (TPSA) is 78.1 Å². The lowest BCUT2D eigenvalue weighted by Crippen LogP contribution is -2.02. The smallest absolute Gasteiger partial charge is 0.0781 e. The van der Waals surface area contributed by atoms with Gasteiger partial charge in [-0.1, -0.05) is 30.3 Å². The Bertz CT molecular complexity index is 634. The van der Waals surface area contributed by atoms with E-state index in [4.69, 9.17) is 17.2 Å². The zero-order valence-corrected chi connectivity index (χ0v) is 12.0. The van der Waals surface area contributed by atoms with Gasteiger partial charge in [0.15, 0.2) is 0 Å². The fraction of sp³-hybridized carbons (Fsp3) is 0.176. The molecule has 0 radical (unpaired) electrons. The molecule has 0 unspecified atom stereocenters. The lowest BCUT2D eigenvalue weighted by molar-refractivity contribution is 1.18. The van der Waals surface area contributed by atoms with Crippen molar-refractivity contribution in [3.8, 4) is 0 Å². The molecule has 0 bridgehead atoms. The minimum atomic E-state index is 0.465. The number of nitrogens with two attached hydrogens (primary N) is 3. The summed E-state index contributed by atoms with van der Waals surface area (Å²) in [5.74, 6) is 0. The van der Waals surface area contributed by atoms with Crippen LogP contribution in [-0.4, -0.2) is 0 Å². The van der Waals surface area contributed by atoms with Gasteiger partial charge in [-0.3, -0.25) is 0 Å². The van der Waals surface area contributed by atoms with Crippen LogP contribution in [0.4, 0.5) is 17.1 Å². The minimum absolute atomic E-state index is 0.465. The Morgan fingerprint density at radius 2 is 1.65 bits per heavy atom. The Morgan fingerprint density at radius 1 is 1.05 bits per heavy atom. The maximum Gasteiger partial charge on any atom is 0.0781 e. The van der Waals surface area contributed by atoms with Crippen molar-refractivity contribution in [3.05, 3.63) is 59.2 Å². The van der Waals surface area contributed by atoms with E-state index in [2.05, 4.69) is 31.2 Å². The van der Waals surface area contributed by atoms with Gasteiger partial charge in [0.05, 0.1) is 17.1 Å².